The maximum atomic E-state index is 11.1. The van der Waals surface area contributed by atoms with Gasteiger partial charge in [0.25, 0.3) is 0 Å². The number of hydrogen-bond donors (Lipinski definition) is 0. The summed E-state index contributed by atoms with van der Waals surface area (Å²) in [6.07, 6.45) is 0. The minimum atomic E-state index is -0.0815. The molecule has 0 radical (unpaired) electrons. The molecule has 0 fully saturated rings. The summed E-state index contributed by atoms with van der Waals surface area (Å²) in [6.45, 7) is 1.46. The second-order valence-electron chi connectivity index (χ2n) is 2.45. The van der Waals surface area contributed by atoms with Crippen LogP contribution in [0.5, 0.6) is 0 Å². The predicted octanol–water partition coefficient (Wildman–Crippen LogP) is 3.13. The maximum Gasteiger partial charge on any atom is 0.161 e. The second kappa shape index (κ2) is 4.20. The van der Waals surface area contributed by atoms with Crippen LogP contribution in [0.25, 0.3) is 0 Å². The van der Waals surface area contributed by atoms with Gasteiger partial charge in [0, 0.05) is 13.6 Å². The van der Waals surface area contributed by atoms with Crippen LogP contribution in [0.2, 0.25) is 0 Å². The summed E-state index contributed by atoms with van der Waals surface area (Å²) < 4.78 is 1.63. The Morgan fingerprint density at radius 1 is 1.62 bits per heavy atom. The van der Waals surface area contributed by atoms with Gasteiger partial charge < -0.3 is 0 Å². The lowest BCUT2D eigenvalue weighted by atomic mass is 10.1. The number of halogens is 2. The Morgan fingerprint density at radius 3 is 2.69 bits per heavy atom. The molecule has 1 rings (SSSR count). The van der Waals surface area contributed by atoms with Crippen LogP contribution < -0.4 is 0 Å². The summed E-state index contributed by atoms with van der Waals surface area (Å²) in [4.78, 5) is 11.1. The minimum absolute atomic E-state index is 0.0815. The van der Waals surface area contributed by atoms with Gasteiger partial charge >= 0.3 is 0 Å². The van der Waals surface area contributed by atoms with Gasteiger partial charge in [0.05, 0.1) is 5.56 Å². The highest BCUT2D eigenvalue weighted by molar-refractivity contribution is 14.1. The van der Waals surface area contributed by atoms with Crippen molar-refractivity contribution in [2.24, 2.45) is 0 Å². The molecule has 0 unspecified atom stereocenters. The Kier molecular flexibility index (Phi) is 3.45. The lowest BCUT2D eigenvalue weighted by Gasteiger charge is -2.03. The fourth-order valence-corrected chi connectivity index (χ4v) is 1.87. The number of rotatable bonds is 1. The third-order valence-corrected chi connectivity index (χ3v) is 4.11. The molecule has 0 N–H and O–H groups in total. The monoisotopic (exact) mass is 349 g/mol. The molecule has 0 atom stereocenters. The zero-order chi connectivity index (χ0) is 10.0. The van der Waals surface area contributed by atoms with E-state index < -0.39 is 0 Å². The Balaban J connectivity index is 3.50. The number of nitriles is 1. The zero-order valence-corrected chi connectivity index (χ0v) is 10.5. The first-order chi connectivity index (χ1) is 6.07. The van der Waals surface area contributed by atoms with Gasteiger partial charge in [0.15, 0.2) is 5.78 Å². The summed E-state index contributed by atoms with van der Waals surface area (Å²) in [5, 5.41) is 8.84. The van der Waals surface area contributed by atoms with Crippen molar-refractivity contribution < 1.29 is 4.79 Å². The Hall–Kier alpha value is -0.410. The van der Waals surface area contributed by atoms with Crippen molar-refractivity contribution in [2.45, 2.75) is 6.92 Å². The van der Waals surface area contributed by atoms with E-state index >= 15 is 0 Å². The summed E-state index contributed by atoms with van der Waals surface area (Å²) >= 11 is 5.34. The highest BCUT2D eigenvalue weighted by atomic mass is 127. The van der Waals surface area contributed by atoms with Gasteiger partial charge in [-0.15, -0.1) is 0 Å². The van der Waals surface area contributed by atoms with Crippen LogP contribution in [-0.4, -0.2) is 5.78 Å². The molecule has 1 aromatic carbocycles. The van der Waals surface area contributed by atoms with Crippen molar-refractivity contribution in [3.63, 3.8) is 0 Å². The highest BCUT2D eigenvalue weighted by Crippen LogP contribution is 2.25. The van der Waals surface area contributed by atoms with E-state index in [1.54, 1.807) is 12.1 Å². The Bertz CT molecular complexity index is 409. The second-order valence-corrected chi connectivity index (χ2v) is 4.39. The van der Waals surface area contributed by atoms with Gasteiger partial charge in [0.1, 0.15) is 6.07 Å². The number of benzene rings is 1. The van der Waals surface area contributed by atoms with Crippen LogP contribution in [0, 0.1) is 14.9 Å². The van der Waals surface area contributed by atoms with E-state index in [0.717, 1.165) is 8.04 Å². The van der Waals surface area contributed by atoms with Crippen LogP contribution in [0.15, 0.2) is 16.6 Å². The first-order valence-electron chi connectivity index (χ1n) is 3.47. The van der Waals surface area contributed by atoms with Crippen molar-refractivity contribution in [3.05, 3.63) is 31.3 Å². The van der Waals surface area contributed by atoms with Crippen molar-refractivity contribution in [3.8, 4) is 6.07 Å². The SMILES string of the molecule is CC(=O)c1ccc(Br)c(I)c1C#N. The molecule has 0 amide bonds. The molecule has 0 aliphatic carbocycles. The number of Topliss-reactive ketones (excluding diaryl/α,β-unsaturated/α-hetero) is 1. The number of hydrogen-bond acceptors (Lipinski definition) is 2. The van der Waals surface area contributed by atoms with E-state index in [0.29, 0.717) is 11.1 Å². The molecular formula is C9H5BrINO. The Labute approximate surface area is 98.2 Å². The standard InChI is InChI=1S/C9H5BrINO/c1-5(13)6-2-3-8(10)9(11)7(6)4-12/h2-3H,1H3. The van der Waals surface area contributed by atoms with Crippen molar-refractivity contribution in [2.75, 3.05) is 0 Å². The minimum Gasteiger partial charge on any atom is -0.294 e. The van der Waals surface area contributed by atoms with Crippen molar-refractivity contribution >= 4 is 44.3 Å². The summed E-state index contributed by atoms with van der Waals surface area (Å²) in [5.41, 5.74) is 0.928. The first-order valence-corrected chi connectivity index (χ1v) is 5.34. The van der Waals surface area contributed by atoms with Crippen LogP contribution >= 0.6 is 38.5 Å². The number of carbonyl (C=O) groups excluding carboxylic acids is 1. The van der Waals surface area contributed by atoms with Gasteiger partial charge in [-0.3, -0.25) is 4.79 Å². The fourth-order valence-electron chi connectivity index (χ4n) is 0.953. The van der Waals surface area contributed by atoms with Crippen molar-refractivity contribution in [1.29, 1.82) is 5.26 Å². The smallest absolute Gasteiger partial charge is 0.161 e. The molecule has 4 heteroatoms. The molecule has 13 heavy (non-hydrogen) atoms. The largest absolute Gasteiger partial charge is 0.294 e. The average Bonchev–Trinajstić information content (AvgIpc) is 2.09. The van der Waals surface area contributed by atoms with Crippen LogP contribution in [0.4, 0.5) is 0 Å². The number of ketones is 1. The molecule has 0 spiro atoms. The van der Waals surface area contributed by atoms with Gasteiger partial charge in [0.2, 0.25) is 0 Å². The average molecular weight is 350 g/mol. The molecule has 0 bridgehead atoms. The van der Waals surface area contributed by atoms with Crippen LogP contribution in [-0.2, 0) is 0 Å². The summed E-state index contributed by atoms with van der Waals surface area (Å²) in [5.74, 6) is -0.0815. The third-order valence-electron chi connectivity index (χ3n) is 1.59. The van der Waals surface area contributed by atoms with E-state index in [1.165, 1.54) is 6.92 Å². The fraction of sp³-hybridized carbons (Fsp3) is 0.111. The molecule has 0 saturated heterocycles. The van der Waals surface area contributed by atoms with Crippen molar-refractivity contribution in [1.82, 2.24) is 0 Å². The molecule has 2 nitrogen and oxygen atoms in total. The van der Waals surface area contributed by atoms with E-state index in [4.69, 9.17) is 5.26 Å². The molecule has 0 aromatic heterocycles. The molecule has 0 aliphatic heterocycles. The topological polar surface area (TPSA) is 40.9 Å². The number of carbonyl (C=O) groups is 1. The summed E-state index contributed by atoms with van der Waals surface area (Å²) in [7, 11) is 0. The van der Waals surface area contributed by atoms with Gasteiger partial charge in [-0.2, -0.15) is 5.26 Å². The molecule has 0 saturated carbocycles. The normalized spacial score (nSPS) is 9.38. The Morgan fingerprint density at radius 2 is 2.23 bits per heavy atom. The summed E-state index contributed by atoms with van der Waals surface area (Å²) in [6, 6.07) is 5.46. The van der Waals surface area contributed by atoms with E-state index in [2.05, 4.69) is 15.9 Å². The molecular weight excluding hydrogens is 345 g/mol. The van der Waals surface area contributed by atoms with Gasteiger partial charge in [-0.25, -0.2) is 0 Å². The van der Waals surface area contributed by atoms with E-state index in [1.807, 2.05) is 28.7 Å². The molecule has 1 aromatic rings. The van der Waals surface area contributed by atoms with Crippen LogP contribution in [0.3, 0.4) is 0 Å². The lowest BCUT2D eigenvalue weighted by Crippen LogP contribution is -1.99. The molecule has 0 heterocycles. The van der Waals surface area contributed by atoms with Gasteiger partial charge in [-0.05, 0) is 57.6 Å². The highest BCUT2D eigenvalue weighted by Gasteiger charge is 2.12. The quantitative estimate of drug-likeness (QED) is 0.577. The predicted molar refractivity (Wildman–Crippen MR) is 61.6 cm³/mol. The first kappa shape index (κ1) is 10.7. The zero-order valence-electron chi connectivity index (χ0n) is 6.77. The molecule has 66 valence electrons. The van der Waals surface area contributed by atoms with Crippen LogP contribution in [0.1, 0.15) is 22.8 Å². The van der Waals surface area contributed by atoms with Gasteiger partial charge in [-0.1, -0.05) is 0 Å². The van der Waals surface area contributed by atoms with E-state index in [9.17, 15) is 4.79 Å². The maximum absolute atomic E-state index is 11.1. The molecule has 0 aliphatic rings. The number of nitrogens with zero attached hydrogens (tertiary/aromatic N) is 1. The lowest BCUT2D eigenvalue weighted by molar-refractivity contribution is 0.101. The third kappa shape index (κ3) is 2.09. The van der Waals surface area contributed by atoms with E-state index in [-0.39, 0.29) is 5.78 Å².